The summed E-state index contributed by atoms with van der Waals surface area (Å²) < 4.78 is 31.0. The smallest absolute Gasteiger partial charge is 0.302 e. The van der Waals surface area contributed by atoms with E-state index in [1.807, 2.05) is 18.2 Å². The first kappa shape index (κ1) is 49.9. The molecule has 17 heteroatoms. The van der Waals surface area contributed by atoms with E-state index in [-0.39, 0.29) is 55.7 Å². The molecule has 1 fully saturated rings. The fourth-order valence-electron chi connectivity index (χ4n) is 9.85. The van der Waals surface area contributed by atoms with Gasteiger partial charge in [0, 0.05) is 106 Å². The highest BCUT2D eigenvalue weighted by Gasteiger charge is 2.48. The molecule has 4 aromatic rings. The molecular formula is C51H65N5O12. The summed E-state index contributed by atoms with van der Waals surface area (Å²) in [5.74, 6) is -5.63. The normalized spacial score (nSPS) is 30.1. The van der Waals surface area contributed by atoms with Gasteiger partial charge in [0.15, 0.2) is 28.1 Å². The number of carbonyl (C=O) groups is 2. The number of benzene rings is 3. The number of nitrogens with zero attached hydrogens (tertiary/aromatic N) is 4. The summed E-state index contributed by atoms with van der Waals surface area (Å²) in [6, 6.07) is 5.62. The number of hydrogen-bond donors (Lipinski definition) is 5. The molecule has 0 radical (unpaired) electrons. The Balaban J connectivity index is 1.43. The molecule has 5 N–H and O–H groups in total. The van der Waals surface area contributed by atoms with Gasteiger partial charge in [-0.2, -0.15) is 0 Å². The minimum atomic E-state index is -1.89. The summed E-state index contributed by atoms with van der Waals surface area (Å²) in [6.07, 6.45) is 3.81. The number of fused-ring (bicyclic) bond motifs is 2. The molecule has 3 aliphatic heterocycles. The molecule has 3 aliphatic rings. The van der Waals surface area contributed by atoms with Crippen LogP contribution in [0, 0.1) is 36.5 Å². The predicted molar refractivity (Wildman–Crippen MR) is 259 cm³/mol. The van der Waals surface area contributed by atoms with Crippen molar-refractivity contribution < 1.29 is 53.5 Å². The number of piperazine rings is 1. The van der Waals surface area contributed by atoms with Gasteiger partial charge in [0.05, 0.1) is 35.5 Å². The fourth-order valence-corrected chi connectivity index (χ4v) is 9.85. The van der Waals surface area contributed by atoms with Gasteiger partial charge in [-0.1, -0.05) is 64.9 Å². The Morgan fingerprint density at radius 1 is 1.01 bits per heavy atom. The Labute approximate surface area is 395 Å². The number of phenolic OH excluding ortho intramolecular Hbond substituents is 1. The summed E-state index contributed by atoms with van der Waals surface area (Å²) >= 11 is 0. The van der Waals surface area contributed by atoms with Gasteiger partial charge in [-0.15, -0.1) is 0 Å². The Morgan fingerprint density at radius 2 is 1.72 bits per heavy atom. The summed E-state index contributed by atoms with van der Waals surface area (Å²) in [6.45, 7) is 21.6. The van der Waals surface area contributed by atoms with Gasteiger partial charge < -0.3 is 54.1 Å². The third-order valence-corrected chi connectivity index (χ3v) is 13.8. The summed E-state index contributed by atoms with van der Waals surface area (Å²) in [5, 5.41) is 52.5. The SMILES string of the molecule is CO[C@H]1/C=C/O[C@@]2(C)Oc3c(C)c(=O)c4c(O)c(c5oc6cc(N7CCN(CC(C)C)CC7)ccc6nc5c4c3/C2=N\O)NC(=O)/C(C)=C\C=C\[C@H](C)[C@H](O)[C@@H](C)[C@@H](O)[C@@H](C)[C@H](OC(C)=O)[C@@H]1C. The number of oxime groups is 1. The van der Waals surface area contributed by atoms with E-state index >= 15 is 0 Å². The van der Waals surface area contributed by atoms with Crippen LogP contribution < -0.4 is 20.4 Å². The summed E-state index contributed by atoms with van der Waals surface area (Å²) in [4.78, 5) is 50.8. The monoisotopic (exact) mass is 939 g/mol. The number of rotatable bonds is 5. The number of nitrogens with one attached hydrogen (secondary N) is 1. The van der Waals surface area contributed by atoms with E-state index in [1.54, 1.807) is 52.8 Å². The van der Waals surface area contributed by atoms with E-state index in [4.69, 9.17) is 28.3 Å². The van der Waals surface area contributed by atoms with Gasteiger partial charge in [0.25, 0.3) is 11.7 Å². The van der Waals surface area contributed by atoms with E-state index in [0.717, 1.165) is 38.4 Å². The van der Waals surface area contributed by atoms with Crippen LogP contribution >= 0.6 is 0 Å². The van der Waals surface area contributed by atoms with Gasteiger partial charge in [-0.3, -0.25) is 19.3 Å². The molecular weight excluding hydrogens is 875 g/mol. The van der Waals surface area contributed by atoms with Crippen LogP contribution in [0.15, 0.2) is 68.7 Å². The molecule has 3 aromatic carbocycles. The number of amides is 1. The van der Waals surface area contributed by atoms with Gasteiger partial charge in [0.1, 0.15) is 28.6 Å². The van der Waals surface area contributed by atoms with E-state index in [0.29, 0.717) is 17.0 Å². The third-order valence-electron chi connectivity index (χ3n) is 13.8. The van der Waals surface area contributed by atoms with Crippen LogP contribution in [0.25, 0.3) is 33.0 Å². The molecule has 9 atom stereocenters. The quantitative estimate of drug-likeness (QED) is 0.0348. The van der Waals surface area contributed by atoms with E-state index in [2.05, 4.69) is 34.1 Å². The highest BCUT2D eigenvalue weighted by Crippen LogP contribution is 2.49. The van der Waals surface area contributed by atoms with Crippen LogP contribution in [-0.4, -0.2) is 118 Å². The van der Waals surface area contributed by atoms with Crippen LogP contribution in [0.1, 0.15) is 73.4 Å². The number of hydrogen-bond acceptors (Lipinski definition) is 16. The summed E-state index contributed by atoms with van der Waals surface area (Å²) in [5.41, 5.74) is 0.942. The first-order valence-corrected chi connectivity index (χ1v) is 23.3. The molecule has 7 rings (SSSR count). The number of anilines is 2. The van der Waals surface area contributed by atoms with Crippen LogP contribution in [0.5, 0.6) is 11.5 Å². The lowest BCUT2D eigenvalue weighted by Gasteiger charge is -2.38. The summed E-state index contributed by atoms with van der Waals surface area (Å²) in [7, 11) is 1.46. The Morgan fingerprint density at radius 3 is 2.37 bits per heavy atom. The van der Waals surface area contributed by atoms with E-state index < -0.39 is 76.9 Å². The van der Waals surface area contributed by atoms with Crippen LogP contribution in [0.2, 0.25) is 0 Å². The van der Waals surface area contributed by atoms with Gasteiger partial charge in [0.2, 0.25) is 0 Å². The Kier molecular flexibility index (Phi) is 14.6. The number of aromatic hydroxyl groups is 1. The molecule has 68 heavy (non-hydrogen) atoms. The number of methoxy groups -OCH3 is 1. The zero-order valence-corrected chi connectivity index (χ0v) is 40.7. The lowest BCUT2D eigenvalue weighted by atomic mass is 9.78. The maximum Gasteiger partial charge on any atom is 0.302 e. The van der Waals surface area contributed by atoms with Crippen LogP contribution in [-0.2, 0) is 23.8 Å². The molecule has 0 saturated carbocycles. The van der Waals surface area contributed by atoms with Gasteiger partial charge in [-0.25, -0.2) is 4.98 Å². The van der Waals surface area contributed by atoms with Crippen molar-refractivity contribution in [2.24, 2.45) is 34.7 Å². The van der Waals surface area contributed by atoms with Gasteiger partial charge in [-0.05, 0) is 38.0 Å². The minimum Gasteiger partial charge on any atom is -0.505 e. The molecule has 366 valence electrons. The second-order valence-corrected chi connectivity index (χ2v) is 19.2. The van der Waals surface area contributed by atoms with Crippen molar-refractivity contribution in [1.82, 2.24) is 9.88 Å². The van der Waals surface area contributed by atoms with Crippen molar-refractivity contribution in [3.8, 4) is 11.5 Å². The lowest BCUT2D eigenvalue weighted by molar-refractivity contribution is -0.160. The van der Waals surface area contributed by atoms with Crippen molar-refractivity contribution in [3.63, 3.8) is 0 Å². The molecule has 0 aliphatic carbocycles. The van der Waals surface area contributed by atoms with Crippen LogP contribution in [0.4, 0.5) is 11.4 Å². The molecule has 0 spiro atoms. The van der Waals surface area contributed by atoms with Crippen molar-refractivity contribution in [1.29, 1.82) is 0 Å². The molecule has 4 heterocycles. The number of esters is 1. The highest BCUT2D eigenvalue weighted by molar-refractivity contribution is 6.27. The maximum absolute atomic E-state index is 14.5. The van der Waals surface area contributed by atoms with Crippen molar-refractivity contribution in [2.75, 3.05) is 50.1 Å². The number of aliphatic hydroxyl groups excluding tert-OH is 2. The Hall–Kier alpha value is -6.01. The second-order valence-electron chi connectivity index (χ2n) is 19.2. The highest BCUT2D eigenvalue weighted by atomic mass is 16.7. The number of ether oxygens (including phenoxy) is 4. The molecule has 1 amide bonds. The second kappa shape index (κ2) is 19.9. The molecule has 1 saturated heterocycles. The average molecular weight is 940 g/mol. The average Bonchev–Trinajstić information content (AvgIpc) is 3.61. The molecule has 4 bridgehead atoms. The zero-order chi connectivity index (χ0) is 49.5. The Bertz CT molecular complexity index is 2770. The number of aromatic nitrogens is 1. The zero-order valence-electron chi connectivity index (χ0n) is 40.7. The molecule has 17 nitrogen and oxygen atoms in total. The third kappa shape index (κ3) is 9.40. The van der Waals surface area contributed by atoms with E-state index in [1.165, 1.54) is 40.2 Å². The van der Waals surface area contributed by atoms with Gasteiger partial charge >= 0.3 is 5.97 Å². The largest absolute Gasteiger partial charge is 0.505 e. The number of phenols is 1. The number of allylic oxidation sites excluding steroid dienone is 2. The number of carbonyl (C=O) groups excluding carboxylic acids is 2. The maximum atomic E-state index is 14.5. The van der Waals surface area contributed by atoms with Crippen molar-refractivity contribution in [2.45, 2.75) is 99.4 Å². The molecule has 1 aromatic heterocycles. The first-order valence-electron chi connectivity index (χ1n) is 23.3. The lowest BCUT2D eigenvalue weighted by Crippen LogP contribution is -2.47. The molecule has 0 unspecified atom stereocenters. The van der Waals surface area contributed by atoms with Crippen molar-refractivity contribution in [3.05, 3.63) is 75.7 Å². The predicted octanol–water partition coefficient (Wildman–Crippen LogP) is 6.77. The number of aliphatic hydroxyl groups is 2. The first-order chi connectivity index (χ1) is 32.2. The topological polar surface area (TPSA) is 226 Å². The van der Waals surface area contributed by atoms with Crippen molar-refractivity contribution >= 4 is 61.9 Å². The standard InChI is InChI=1S/C51H65N5O12/c1-25(2)24-55-18-20-56(21-19-55)33-15-16-34-36(23-33)67-48-40(52-34)37-38-44(60)31(8)47-39(37)49(54-63)51(10,68-47)65-22-17-35(64-11)28(5)46(66-32(9)57)30(7)43(59)29(6)42(58)26(3)13-12-14-27(4)50(62)53-41(48)45(38)61/h12-17,22-23,25-26,28-30,35,42-43,46,58-59,61,63H,18-21,24H2,1-11H3,(H,53,62)/b13-12+,22-17+,27-14-,54-49+/t26-,28+,29+,30+,35-,42-,43+,46+,51-/m0/s1. The fraction of sp³-hybridized carbons (Fsp3) is 0.510. The van der Waals surface area contributed by atoms with E-state index in [9.17, 15) is 34.9 Å². The van der Waals surface area contributed by atoms with Crippen LogP contribution in [0.3, 0.4) is 0 Å². The minimum absolute atomic E-state index is 0.00792.